The molecule has 2 heterocycles. The van der Waals surface area contributed by atoms with E-state index >= 15 is 0 Å². The molecule has 1 aliphatic heterocycles. The summed E-state index contributed by atoms with van der Waals surface area (Å²) in [6.07, 6.45) is -0.195. The molecule has 3 rings (SSSR count). The number of amidine groups is 1. The molecule has 0 bridgehead atoms. The average Bonchev–Trinajstić information content (AvgIpc) is 3.09. The zero-order chi connectivity index (χ0) is 21.1. The van der Waals surface area contributed by atoms with E-state index in [0.717, 1.165) is 0 Å². The molecule has 0 aliphatic carbocycles. The summed E-state index contributed by atoms with van der Waals surface area (Å²) in [5.74, 6) is -1.52. The number of carbonyl (C=O) groups is 2. The van der Waals surface area contributed by atoms with Gasteiger partial charge in [-0.1, -0.05) is 22.0 Å². The second-order valence-corrected chi connectivity index (χ2v) is 7.86. The van der Waals surface area contributed by atoms with Crippen molar-refractivity contribution in [3.63, 3.8) is 0 Å². The lowest BCUT2D eigenvalue weighted by atomic mass is 9.96. The first kappa shape index (κ1) is 21.1. The van der Waals surface area contributed by atoms with Crippen LogP contribution in [0, 0.1) is 5.82 Å². The molecule has 0 saturated carbocycles. The Kier molecular flexibility index (Phi) is 6.43. The maximum Gasteiger partial charge on any atom is 0.338 e. The van der Waals surface area contributed by atoms with Crippen molar-refractivity contribution in [2.75, 3.05) is 6.61 Å². The lowest BCUT2D eigenvalue weighted by Gasteiger charge is -2.26. The lowest BCUT2D eigenvalue weighted by Crippen LogP contribution is -2.33. The van der Waals surface area contributed by atoms with E-state index in [1.807, 2.05) is 0 Å². The summed E-state index contributed by atoms with van der Waals surface area (Å²) in [5, 5.41) is 14.1. The van der Waals surface area contributed by atoms with Crippen LogP contribution in [0.5, 0.6) is 0 Å². The van der Waals surface area contributed by atoms with Gasteiger partial charge in [0.2, 0.25) is 0 Å². The van der Waals surface area contributed by atoms with Gasteiger partial charge in [-0.25, -0.2) is 14.2 Å². The highest BCUT2D eigenvalue weighted by atomic mass is 79.9. The number of hydrogen-bond donors (Lipinski definition) is 2. The molecule has 29 heavy (non-hydrogen) atoms. The SMILES string of the molecule is CCOC(=O)C1=C(C)NC(c2nc(CC(=O)O)cs2)=NC1c1ccc(F)cc1Br. The second kappa shape index (κ2) is 8.83. The van der Waals surface area contributed by atoms with Crippen molar-refractivity contribution in [1.82, 2.24) is 10.3 Å². The number of aliphatic imine (C=N–C) groups is 1. The van der Waals surface area contributed by atoms with E-state index in [4.69, 9.17) is 9.84 Å². The average molecular weight is 482 g/mol. The van der Waals surface area contributed by atoms with Crippen molar-refractivity contribution < 1.29 is 23.8 Å². The monoisotopic (exact) mass is 481 g/mol. The van der Waals surface area contributed by atoms with Crippen LogP contribution in [0.1, 0.15) is 36.2 Å². The third kappa shape index (κ3) is 4.70. The molecular formula is C19H17BrFN3O4S. The summed E-state index contributed by atoms with van der Waals surface area (Å²) >= 11 is 4.59. The van der Waals surface area contributed by atoms with Crippen molar-refractivity contribution in [2.24, 2.45) is 4.99 Å². The Morgan fingerprint density at radius 1 is 1.41 bits per heavy atom. The van der Waals surface area contributed by atoms with Gasteiger partial charge in [0.05, 0.1) is 24.3 Å². The predicted molar refractivity (Wildman–Crippen MR) is 109 cm³/mol. The van der Waals surface area contributed by atoms with Gasteiger partial charge in [0, 0.05) is 15.5 Å². The van der Waals surface area contributed by atoms with Gasteiger partial charge in [-0.05, 0) is 31.5 Å². The number of rotatable bonds is 6. The fourth-order valence-corrected chi connectivity index (χ4v) is 4.20. The number of carbonyl (C=O) groups excluding carboxylic acids is 1. The lowest BCUT2D eigenvalue weighted by molar-refractivity contribution is -0.139. The molecule has 152 valence electrons. The topological polar surface area (TPSA) is 101 Å². The molecule has 1 aromatic heterocycles. The Hall–Kier alpha value is -2.59. The Labute approximate surface area is 178 Å². The number of allylic oxidation sites excluding steroid dienone is 1. The highest BCUT2D eigenvalue weighted by Crippen LogP contribution is 2.36. The van der Waals surface area contributed by atoms with Gasteiger partial charge in [0.25, 0.3) is 0 Å². The third-order valence-corrected chi connectivity index (χ3v) is 5.67. The first-order chi connectivity index (χ1) is 13.8. The number of carboxylic acid groups (broad SMARTS) is 1. The quantitative estimate of drug-likeness (QED) is 0.611. The number of hydrogen-bond acceptors (Lipinski definition) is 7. The van der Waals surface area contributed by atoms with Crippen molar-refractivity contribution in [3.8, 4) is 0 Å². The van der Waals surface area contributed by atoms with Gasteiger partial charge in [-0.15, -0.1) is 11.3 Å². The Morgan fingerprint density at radius 2 is 2.17 bits per heavy atom. The molecule has 1 unspecified atom stereocenters. The van der Waals surface area contributed by atoms with Gasteiger partial charge in [0.15, 0.2) is 10.8 Å². The standard InChI is InChI=1S/C19H17BrFN3O4S/c1-3-28-19(27)15-9(2)22-17(18-23-11(8-29-18)7-14(25)26)24-16(15)12-5-4-10(21)6-13(12)20/h4-6,8,16H,3,7H2,1-2H3,(H,22,24)(H,25,26). The van der Waals surface area contributed by atoms with E-state index in [-0.39, 0.29) is 13.0 Å². The van der Waals surface area contributed by atoms with Crippen LogP contribution in [0.4, 0.5) is 4.39 Å². The van der Waals surface area contributed by atoms with Gasteiger partial charge in [-0.2, -0.15) is 0 Å². The van der Waals surface area contributed by atoms with Crippen LogP contribution < -0.4 is 5.32 Å². The summed E-state index contributed by atoms with van der Waals surface area (Å²) in [6.45, 7) is 3.63. The first-order valence-electron chi connectivity index (χ1n) is 8.64. The smallest absolute Gasteiger partial charge is 0.338 e. The molecule has 1 aromatic carbocycles. The summed E-state index contributed by atoms with van der Waals surface area (Å²) in [6, 6.07) is 3.41. The van der Waals surface area contributed by atoms with Crippen LogP contribution in [0.3, 0.4) is 0 Å². The predicted octanol–water partition coefficient (Wildman–Crippen LogP) is 3.60. The summed E-state index contributed by atoms with van der Waals surface area (Å²) in [7, 11) is 0. The normalized spacial score (nSPS) is 16.3. The number of benzene rings is 1. The molecule has 0 amide bonds. The van der Waals surface area contributed by atoms with Crippen LogP contribution in [0.15, 0.2) is 44.3 Å². The van der Waals surface area contributed by atoms with Gasteiger partial charge >= 0.3 is 11.9 Å². The zero-order valence-electron chi connectivity index (χ0n) is 15.5. The molecule has 0 saturated heterocycles. The Balaban J connectivity index is 2.06. The summed E-state index contributed by atoms with van der Waals surface area (Å²) in [5.41, 5.74) is 1.85. The largest absolute Gasteiger partial charge is 0.481 e. The number of nitrogens with zero attached hydrogens (tertiary/aromatic N) is 2. The molecule has 2 aromatic rings. The van der Waals surface area contributed by atoms with E-state index < -0.39 is 23.8 Å². The molecule has 10 heteroatoms. The van der Waals surface area contributed by atoms with E-state index in [1.165, 1.54) is 23.5 Å². The van der Waals surface area contributed by atoms with Gasteiger partial charge in [-0.3, -0.25) is 9.79 Å². The zero-order valence-corrected chi connectivity index (χ0v) is 17.9. The second-order valence-electron chi connectivity index (χ2n) is 6.14. The number of halogens is 2. The number of esters is 1. The Bertz CT molecular complexity index is 1030. The molecule has 0 fully saturated rings. The van der Waals surface area contributed by atoms with Crippen LogP contribution in [-0.2, 0) is 20.7 Å². The van der Waals surface area contributed by atoms with Crippen LogP contribution in [0.25, 0.3) is 0 Å². The third-order valence-electron chi connectivity index (χ3n) is 4.08. The van der Waals surface area contributed by atoms with Gasteiger partial charge < -0.3 is 15.2 Å². The minimum Gasteiger partial charge on any atom is -0.481 e. The molecular weight excluding hydrogens is 465 g/mol. The number of ether oxygens (including phenoxy) is 1. The molecule has 0 radical (unpaired) electrons. The maximum absolute atomic E-state index is 13.6. The van der Waals surface area contributed by atoms with Crippen molar-refractivity contribution in [1.29, 1.82) is 0 Å². The van der Waals surface area contributed by atoms with Crippen molar-refractivity contribution in [3.05, 3.63) is 61.4 Å². The minimum absolute atomic E-state index is 0.195. The van der Waals surface area contributed by atoms with Crippen LogP contribution in [-0.4, -0.2) is 34.5 Å². The number of aromatic nitrogens is 1. The molecule has 7 nitrogen and oxygen atoms in total. The number of thiazole rings is 1. The first-order valence-corrected chi connectivity index (χ1v) is 10.3. The van der Waals surface area contributed by atoms with E-state index in [0.29, 0.717) is 37.8 Å². The van der Waals surface area contributed by atoms with E-state index in [9.17, 15) is 14.0 Å². The Morgan fingerprint density at radius 3 is 2.83 bits per heavy atom. The minimum atomic E-state index is -0.978. The highest BCUT2D eigenvalue weighted by molar-refractivity contribution is 9.10. The van der Waals surface area contributed by atoms with E-state index in [2.05, 4.69) is 31.2 Å². The van der Waals surface area contributed by atoms with Crippen LogP contribution >= 0.6 is 27.3 Å². The number of nitrogens with one attached hydrogen (secondary N) is 1. The molecule has 1 atom stereocenters. The number of aliphatic carboxylic acids is 1. The van der Waals surface area contributed by atoms with Crippen LogP contribution in [0.2, 0.25) is 0 Å². The number of carboxylic acids is 1. The van der Waals surface area contributed by atoms with Crippen molar-refractivity contribution >= 4 is 45.0 Å². The summed E-state index contributed by atoms with van der Waals surface area (Å²) < 4.78 is 19.2. The fraction of sp³-hybridized carbons (Fsp3) is 0.263. The highest BCUT2D eigenvalue weighted by Gasteiger charge is 2.32. The fourth-order valence-electron chi connectivity index (χ4n) is 2.86. The molecule has 0 spiro atoms. The molecule has 1 aliphatic rings. The van der Waals surface area contributed by atoms with Crippen molar-refractivity contribution in [2.45, 2.75) is 26.3 Å². The molecule has 2 N–H and O–H groups in total. The summed E-state index contributed by atoms with van der Waals surface area (Å²) in [4.78, 5) is 32.4. The van der Waals surface area contributed by atoms with Gasteiger partial charge in [0.1, 0.15) is 11.9 Å². The maximum atomic E-state index is 13.6. The van der Waals surface area contributed by atoms with E-state index in [1.54, 1.807) is 25.3 Å².